The van der Waals surface area contributed by atoms with Crippen molar-refractivity contribution < 1.29 is 4.74 Å². The van der Waals surface area contributed by atoms with E-state index in [1.165, 1.54) is 19.3 Å². The summed E-state index contributed by atoms with van der Waals surface area (Å²) < 4.78 is 5.47. The molecule has 0 radical (unpaired) electrons. The quantitative estimate of drug-likeness (QED) is 0.905. The number of hydrogen-bond acceptors (Lipinski definition) is 3. The van der Waals surface area contributed by atoms with Gasteiger partial charge in [-0.05, 0) is 50.9 Å². The molecule has 2 N–H and O–H groups in total. The minimum atomic E-state index is 0.256. The zero-order chi connectivity index (χ0) is 13.6. The maximum absolute atomic E-state index is 6.41. The van der Waals surface area contributed by atoms with Crippen LogP contribution < -0.4 is 10.5 Å². The number of nitrogens with two attached hydrogens (primary N) is 1. The zero-order valence-electron chi connectivity index (χ0n) is 12.1. The molecule has 3 atom stereocenters. The third kappa shape index (κ3) is 2.36. The molecule has 2 fully saturated rings. The van der Waals surface area contributed by atoms with E-state index in [-0.39, 0.29) is 6.04 Å². The first kappa shape index (κ1) is 12.9. The Morgan fingerprint density at radius 1 is 1.32 bits per heavy atom. The molecule has 0 spiro atoms. The van der Waals surface area contributed by atoms with Gasteiger partial charge in [0.1, 0.15) is 5.75 Å². The Morgan fingerprint density at radius 3 is 2.63 bits per heavy atom. The molecular formula is C16H24N2O. The van der Waals surface area contributed by atoms with Gasteiger partial charge in [-0.25, -0.2) is 0 Å². The molecule has 3 rings (SSSR count). The summed E-state index contributed by atoms with van der Waals surface area (Å²) in [5.74, 6) is 3.67. The van der Waals surface area contributed by atoms with Gasteiger partial charge in [0.25, 0.3) is 0 Å². The average Bonchev–Trinajstić information content (AvgIpc) is 3.00. The van der Waals surface area contributed by atoms with Crippen molar-refractivity contribution in [1.82, 2.24) is 4.98 Å². The topological polar surface area (TPSA) is 48.1 Å². The van der Waals surface area contributed by atoms with Gasteiger partial charge in [0, 0.05) is 35.5 Å². The molecule has 2 aliphatic rings. The van der Waals surface area contributed by atoms with Gasteiger partial charge in [-0.15, -0.1) is 0 Å². The second-order valence-electron chi connectivity index (χ2n) is 6.40. The number of methoxy groups -OCH3 is 1. The van der Waals surface area contributed by atoms with Crippen molar-refractivity contribution in [3.05, 3.63) is 23.0 Å². The van der Waals surface area contributed by atoms with Crippen LogP contribution in [-0.4, -0.2) is 18.1 Å². The third-order valence-corrected chi connectivity index (χ3v) is 5.06. The van der Waals surface area contributed by atoms with Crippen molar-refractivity contribution in [3.8, 4) is 5.75 Å². The van der Waals surface area contributed by atoms with Crippen molar-refractivity contribution in [2.45, 2.75) is 45.6 Å². The molecule has 0 aromatic carbocycles. The Morgan fingerprint density at radius 2 is 2.00 bits per heavy atom. The number of pyridine rings is 1. The predicted octanol–water partition coefficient (Wildman–Crippen LogP) is 2.62. The van der Waals surface area contributed by atoms with Gasteiger partial charge in [0.05, 0.1) is 7.11 Å². The van der Waals surface area contributed by atoms with Crippen LogP contribution in [0.25, 0.3) is 0 Å². The number of hydrogen-bond donors (Lipinski definition) is 1. The Hall–Kier alpha value is -1.09. The second-order valence-corrected chi connectivity index (χ2v) is 6.40. The van der Waals surface area contributed by atoms with E-state index in [0.29, 0.717) is 5.92 Å². The maximum atomic E-state index is 6.41. The monoisotopic (exact) mass is 260 g/mol. The fraction of sp³-hybridized carbons (Fsp3) is 0.688. The summed E-state index contributed by atoms with van der Waals surface area (Å²) in [6, 6.07) is 0.256. The molecule has 0 bridgehead atoms. The van der Waals surface area contributed by atoms with Crippen molar-refractivity contribution in [2.75, 3.05) is 7.11 Å². The van der Waals surface area contributed by atoms with Crippen LogP contribution in [0.4, 0.5) is 0 Å². The molecule has 104 valence electrons. The highest BCUT2D eigenvalue weighted by Gasteiger charge is 2.47. The van der Waals surface area contributed by atoms with Crippen LogP contribution in [0.15, 0.2) is 6.20 Å². The lowest BCUT2D eigenvalue weighted by Gasteiger charge is -2.21. The van der Waals surface area contributed by atoms with E-state index < -0.39 is 0 Å². The Bertz CT molecular complexity index is 476. The fourth-order valence-corrected chi connectivity index (χ4v) is 3.78. The van der Waals surface area contributed by atoms with E-state index in [4.69, 9.17) is 10.5 Å². The molecule has 0 saturated heterocycles. The van der Waals surface area contributed by atoms with Crippen molar-refractivity contribution in [1.29, 1.82) is 0 Å². The van der Waals surface area contributed by atoms with Gasteiger partial charge < -0.3 is 10.5 Å². The summed E-state index contributed by atoms with van der Waals surface area (Å²) >= 11 is 0. The summed E-state index contributed by atoms with van der Waals surface area (Å²) in [5, 5.41) is 0. The van der Waals surface area contributed by atoms with Gasteiger partial charge in [0.2, 0.25) is 0 Å². The molecule has 1 aromatic heterocycles. The molecular weight excluding hydrogens is 236 g/mol. The number of ether oxygens (including phenoxy) is 1. The molecule has 19 heavy (non-hydrogen) atoms. The summed E-state index contributed by atoms with van der Waals surface area (Å²) in [6.45, 7) is 4.13. The highest BCUT2D eigenvalue weighted by atomic mass is 16.5. The first-order chi connectivity index (χ1) is 9.10. The minimum Gasteiger partial charge on any atom is -0.496 e. The molecule has 2 saturated carbocycles. The number of aryl methyl sites for hydroxylation is 1. The van der Waals surface area contributed by atoms with Crippen LogP contribution in [0.2, 0.25) is 0 Å². The van der Waals surface area contributed by atoms with Gasteiger partial charge in [-0.2, -0.15) is 0 Å². The second kappa shape index (κ2) is 4.78. The van der Waals surface area contributed by atoms with E-state index in [9.17, 15) is 0 Å². The van der Waals surface area contributed by atoms with Gasteiger partial charge in [-0.1, -0.05) is 0 Å². The number of rotatable bonds is 4. The maximum Gasteiger partial charge on any atom is 0.128 e. The van der Waals surface area contributed by atoms with E-state index in [0.717, 1.165) is 40.8 Å². The lowest BCUT2D eigenvalue weighted by molar-refractivity contribution is 0.385. The fourth-order valence-electron chi connectivity index (χ4n) is 3.78. The highest BCUT2D eigenvalue weighted by molar-refractivity contribution is 5.41. The summed E-state index contributed by atoms with van der Waals surface area (Å²) in [6.07, 6.45) is 6.92. The first-order valence-electron chi connectivity index (χ1n) is 7.34. The highest BCUT2D eigenvalue weighted by Crippen LogP contribution is 2.55. The molecule has 2 aliphatic carbocycles. The van der Waals surface area contributed by atoms with Gasteiger partial charge in [-0.3, -0.25) is 4.98 Å². The molecule has 3 heteroatoms. The smallest absolute Gasteiger partial charge is 0.128 e. The largest absolute Gasteiger partial charge is 0.496 e. The average molecular weight is 260 g/mol. The molecule has 3 unspecified atom stereocenters. The lowest BCUT2D eigenvalue weighted by atomic mass is 9.90. The molecule has 1 aromatic rings. The lowest BCUT2D eigenvalue weighted by Crippen LogP contribution is -2.32. The van der Waals surface area contributed by atoms with E-state index in [1.54, 1.807) is 7.11 Å². The van der Waals surface area contributed by atoms with E-state index in [1.807, 2.05) is 13.1 Å². The molecule has 1 heterocycles. The summed E-state index contributed by atoms with van der Waals surface area (Å²) in [5.41, 5.74) is 9.77. The van der Waals surface area contributed by atoms with Crippen LogP contribution >= 0.6 is 0 Å². The third-order valence-electron chi connectivity index (χ3n) is 5.06. The van der Waals surface area contributed by atoms with Crippen molar-refractivity contribution >= 4 is 0 Å². The SMILES string of the molecule is COc1c(C)cnc(CC(N)C2CC3CC3C2)c1C. The van der Waals surface area contributed by atoms with Crippen LogP contribution in [0, 0.1) is 31.6 Å². The van der Waals surface area contributed by atoms with Crippen LogP contribution in [0.5, 0.6) is 5.75 Å². The van der Waals surface area contributed by atoms with E-state index in [2.05, 4.69) is 11.9 Å². The van der Waals surface area contributed by atoms with Crippen LogP contribution in [-0.2, 0) is 6.42 Å². The van der Waals surface area contributed by atoms with Gasteiger partial charge in [0.15, 0.2) is 0 Å². The summed E-state index contributed by atoms with van der Waals surface area (Å²) in [7, 11) is 1.73. The summed E-state index contributed by atoms with van der Waals surface area (Å²) in [4.78, 5) is 4.57. The molecule has 3 nitrogen and oxygen atoms in total. The normalized spacial score (nSPS) is 30.0. The van der Waals surface area contributed by atoms with Crippen molar-refractivity contribution in [2.24, 2.45) is 23.5 Å². The molecule has 0 aliphatic heterocycles. The predicted molar refractivity (Wildman–Crippen MR) is 76.3 cm³/mol. The number of fused-ring (bicyclic) bond motifs is 1. The standard InChI is InChI=1S/C16H24N2O/c1-9-8-18-15(10(2)16(9)19-3)7-14(17)13-5-11-4-12(11)6-13/h8,11-14H,4-7,17H2,1-3H3. The number of nitrogens with zero attached hydrogens (tertiary/aromatic N) is 1. The van der Waals surface area contributed by atoms with Crippen LogP contribution in [0.1, 0.15) is 36.1 Å². The van der Waals surface area contributed by atoms with Crippen molar-refractivity contribution in [3.63, 3.8) is 0 Å². The molecule has 0 amide bonds. The Balaban J connectivity index is 1.72. The number of aromatic nitrogens is 1. The Labute approximate surface area is 115 Å². The zero-order valence-corrected chi connectivity index (χ0v) is 12.1. The Kier molecular flexibility index (Phi) is 3.25. The van der Waals surface area contributed by atoms with E-state index >= 15 is 0 Å². The van der Waals surface area contributed by atoms with Crippen LogP contribution in [0.3, 0.4) is 0 Å². The first-order valence-corrected chi connectivity index (χ1v) is 7.34. The van der Waals surface area contributed by atoms with Gasteiger partial charge >= 0.3 is 0 Å². The minimum absolute atomic E-state index is 0.256.